The molecule has 0 atom stereocenters. The lowest BCUT2D eigenvalue weighted by Gasteiger charge is -2.29. The van der Waals surface area contributed by atoms with E-state index >= 15 is 0 Å². The van der Waals surface area contributed by atoms with E-state index < -0.39 is 17.2 Å². The summed E-state index contributed by atoms with van der Waals surface area (Å²) in [4.78, 5) is 26.2. The number of benzene rings is 2. The van der Waals surface area contributed by atoms with E-state index in [2.05, 4.69) is 20.8 Å². The predicted octanol–water partition coefficient (Wildman–Crippen LogP) is 4.95. The quantitative estimate of drug-likeness (QED) is 0.204. The van der Waals surface area contributed by atoms with Crippen molar-refractivity contribution in [3.63, 3.8) is 0 Å². The Kier molecular flexibility index (Phi) is 6.63. The Hall–Kier alpha value is -3.61. The van der Waals surface area contributed by atoms with Gasteiger partial charge in [0.2, 0.25) is 5.90 Å². The van der Waals surface area contributed by atoms with Crippen LogP contribution in [0.25, 0.3) is 0 Å². The Labute approximate surface area is 194 Å². The standard InChI is InChI=1S/C26H30N2O5/c1-6-25(2,3)17-7-11-19(12-8-17)32-16-22(27)33-20-13-9-18(10-14-20)28-24(31)21(15-29)23(30)26(28,4)5/h7-15,27,29H,6,16H2,1-5H3/b21-15+,27-22?. The molecule has 7 heteroatoms. The van der Waals surface area contributed by atoms with Crippen LogP contribution in [-0.4, -0.2) is 34.8 Å². The van der Waals surface area contributed by atoms with Crippen molar-refractivity contribution in [2.45, 2.75) is 52.0 Å². The number of carbonyl (C=O) groups excluding carboxylic acids is 2. The van der Waals surface area contributed by atoms with E-state index in [1.54, 1.807) is 38.1 Å². The first kappa shape index (κ1) is 24.0. The molecule has 0 saturated carbocycles. The maximum absolute atomic E-state index is 12.5. The number of Topliss-reactive ketones (excluding diaryl/α,β-unsaturated/α-hetero) is 1. The minimum absolute atomic E-state index is 0.0327. The number of aliphatic hydroxyl groups excluding tert-OH is 1. The fraction of sp³-hybridized carbons (Fsp3) is 0.346. The van der Waals surface area contributed by atoms with Crippen LogP contribution in [0.4, 0.5) is 5.69 Å². The molecule has 0 bridgehead atoms. The van der Waals surface area contributed by atoms with E-state index in [-0.39, 0.29) is 23.5 Å². The number of amides is 1. The minimum atomic E-state index is -1.11. The molecule has 2 N–H and O–H groups in total. The van der Waals surface area contributed by atoms with Gasteiger partial charge < -0.3 is 14.6 Å². The normalized spacial score (nSPS) is 16.9. The molecule has 0 radical (unpaired) electrons. The number of ether oxygens (including phenoxy) is 2. The third-order valence-electron chi connectivity index (χ3n) is 6.15. The van der Waals surface area contributed by atoms with Crippen molar-refractivity contribution < 1.29 is 24.2 Å². The van der Waals surface area contributed by atoms with Crippen molar-refractivity contribution in [1.29, 1.82) is 5.41 Å². The van der Waals surface area contributed by atoms with E-state index in [0.717, 1.165) is 6.42 Å². The number of nitrogens with one attached hydrogen (secondary N) is 1. The SMILES string of the molecule is CCC(C)(C)c1ccc(OCC(=N)Oc2ccc(N3C(=O)/C(=C/O)C(=O)C3(C)C)cc2)cc1. The Morgan fingerprint density at radius 1 is 1.06 bits per heavy atom. The number of carbonyl (C=O) groups is 2. The van der Waals surface area contributed by atoms with E-state index in [1.807, 2.05) is 24.3 Å². The van der Waals surface area contributed by atoms with E-state index in [9.17, 15) is 14.7 Å². The lowest BCUT2D eigenvalue weighted by Crippen LogP contribution is -2.44. The molecule has 7 nitrogen and oxygen atoms in total. The molecule has 0 aromatic heterocycles. The molecular weight excluding hydrogens is 420 g/mol. The molecule has 3 rings (SSSR count). The highest BCUT2D eigenvalue weighted by Gasteiger charge is 2.50. The topological polar surface area (TPSA) is 99.9 Å². The first-order chi connectivity index (χ1) is 15.5. The van der Waals surface area contributed by atoms with Crippen LogP contribution in [0.3, 0.4) is 0 Å². The van der Waals surface area contributed by atoms with Crippen molar-refractivity contribution in [3.05, 3.63) is 65.9 Å². The number of hydrogen-bond donors (Lipinski definition) is 2. The van der Waals surface area contributed by atoms with E-state index in [0.29, 0.717) is 23.4 Å². The van der Waals surface area contributed by atoms with Crippen LogP contribution < -0.4 is 14.4 Å². The Morgan fingerprint density at radius 2 is 1.64 bits per heavy atom. The summed E-state index contributed by atoms with van der Waals surface area (Å²) in [5.41, 5.74) is 0.451. The van der Waals surface area contributed by atoms with Gasteiger partial charge in [0, 0.05) is 5.69 Å². The Balaban J connectivity index is 1.61. The van der Waals surface area contributed by atoms with Gasteiger partial charge in [0.25, 0.3) is 5.91 Å². The summed E-state index contributed by atoms with van der Waals surface area (Å²) in [5.74, 6) is -0.0159. The highest BCUT2D eigenvalue weighted by molar-refractivity contribution is 6.34. The summed E-state index contributed by atoms with van der Waals surface area (Å²) in [6, 6.07) is 14.3. The van der Waals surface area contributed by atoms with Gasteiger partial charge in [-0.1, -0.05) is 32.9 Å². The average Bonchev–Trinajstić information content (AvgIpc) is 2.96. The molecule has 0 spiro atoms. The molecule has 33 heavy (non-hydrogen) atoms. The summed E-state index contributed by atoms with van der Waals surface area (Å²) in [7, 11) is 0. The summed E-state index contributed by atoms with van der Waals surface area (Å²) in [6.45, 7) is 9.75. The smallest absolute Gasteiger partial charge is 0.266 e. The summed E-state index contributed by atoms with van der Waals surface area (Å²) >= 11 is 0. The molecule has 1 aliphatic rings. The monoisotopic (exact) mass is 450 g/mol. The third-order valence-corrected chi connectivity index (χ3v) is 6.15. The summed E-state index contributed by atoms with van der Waals surface area (Å²) < 4.78 is 11.2. The Morgan fingerprint density at radius 3 is 2.15 bits per heavy atom. The van der Waals surface area contributed by atoms with Gasteiger partial charge >= 0.3 is 0 Å². The molecule has 1 aliphatic heterocycles. The van der Waals surface area contributed by atoms with Crippen LogP contribution in [-0.2, 0) is 15.0 Å². The van der Waals surface area contributed by atoms with E-state index in [1.165, 1.54) is 10.5 Å². The Bertz CT molecular complexity index is 1080. The predicted molar refractivity (Wildman–Crippen MR) is 127 cm³/mol. The molecule has 174 valence electrons. The van der Waals surface area contributed by atoms with Crippen molar-refractivity contribution in [2.24, 2.45) is 0 Å². The molecule has 1 fully saturated rings. The van der Waals surface area contributed by atoms with Gasteiger partial charge in [-0.25, -0.2) is 0 Å². The molecule has 0 unspecified atom stereocenters. The van der Waals surface area contributed by atoms with Gasteiger partial charge in [-0.05, 0) is 67.6 Å². The molecule has 2 aromatic carbocycles. The molecule has 1 heterocycles. The number of hydrogen-bond acceptors (Lipinski definition) is 6. The lowest BCUT2D eigenvalue weighted by molar-refractivity contribution is -0.118. The second-order valence-corrected chi connectivity index (χ2v) is 9.14. The molecule has 2 aromatic rings. The van der Waals surface area contributed by atoms with Gasteiger partial charge in [0.05, 0.1) is 6.26 Å². The second kappa shape index (κ2) is 9.10. The van der Waals surface area contributed by atoms with Crippen LogP contribution in [0.15, 0.2) is 60.4 Å². The molecule has 0 aliphatic carbocycles. The largest absolute Gasteiger partial charge is 0.515 e. The second-order valence-electron chi connectivity index (χ2n) is 9.14. The first-order valence-corrected chi connectivity index (χ1v) is 10.8. The van der Waals surface area contributed by atoms with Gasteiger partial charge in [-0.15, -0.1) is 0 Å². The summed E-state index contributed by atoms with van der Waals surface area (Å²) in [6.07, 6.45) is 1.59. The molecule has 1 saturated heterocycles. The van der Waals surface area contributed by atoms with Gasteiger partial charge in [0.1, 0.15) is 22.6 Å². The van der Waals surface area contributed by atoms with Crippen LogP contribution in [0.1, 0.15) is 46.6 Å². The van der Waals surface area contributed by atoms with Crippen molar-refractivity contribution >= 4 is 23.3 Å². The lowest BCUT2D eigenvalue weighted by atomic mass is 9.82. The number of anilines is 1. The maximum Gasteiger partial charge on any atom is 0.266 e. The number of aliphatic hydroxyl groups is 1. The fourth-order valence-electron chi connectivity index (χ4n) is 3.65. The van der Waals surface area contributed by atoms with E-state index in [4.69, 9.17) is 14.9 Å². The van der Waals surface area contributed by atoms with Crippen molar-refractivity contribution in [3.8, 4) is 11.5 Å². The highest BCUT2D eigenvalue weighted by atomic mass is 16.5. The van der Waals surface area contributed by atoms with Crippen LogP contribution >= 0.6 is 0 Å². The van der Waals surface area contributed by atoms with Crippen molar-refractivity contribution in [2.75, 3.05) is 11.5 Å². The minimum Gasteiger partial charge on any atom is -0.515 e. The average molecular weight is 451 g/mol. The third kappa shape index (κ3) is 4.77. The van der Waals surface area contributed by atoms with Crippen LogP contribution in [0.5, 0.6) is 11.5 Å². The fourth-order valence-corrected chi connectivity index (χ4v) is 3.65. The number of rotatable bonds is 7. The number of ketones is 1. The zero-order chi connectivity index (χ0) is 24.4. The first-order valence-electron chi connectivity index (χ1n) is 10.8. The van der Waals surface area contributed by atoms with Crippen LogP contribution in [0, 0.1) is 5.41 Å². The van der Waals surface area contributed by atoms with Gasteiger partial charge in [-0.3, -0.25) is 19.9 Å². The maximum atomic E-state index is 12.5. The van der Waals surface area contributed by atoms with Gasteiger partial charge in [0.15, 0.2) is 12.4 Å². The number of nitrogens with zero attached hydrogens (tertiary/aromatic N) is 1. The van der Waals surface area contributed by atoms with Gasteiger partial charge in [-0.2, -0.15) is 0 Å². The summed E-state index contributed by atoms with van der Waals surface area (Å²) in [5, 5.41) is 17.3. The zero-order valence-electron chi connectivity index (χ0n) is 19.6. The van der Waals surface area contributed by atoms with Crippen LogP contribution in [0.2, 0.25) is 0 Å². The zero-order valence-corrected chi connectivity index (χ0v) is 19.6. The molecular formula is C26H30N2O5. The highest BCUT2D eigenvalue weighted by Crippen LogP contribution is 2.35. The molecule has 1 amide bonds. The van der Waals surface area contributed by atoms with Crippen molar-refractivity contribution in [1.82, 2.24) is 0 Å².